The number of piperidine rings is 1. The average Bonchev–Trinajstić information content (AvgIpc) is 3.45. The fourth-order valence-electron chi connectivity index (χ4n) is 4.06. The maximum atomic E-state index is 12.8. The molecular formula is C19H26N2O3. The van der Waals surface area contributed by atoms with E-state index in [1.165, 1.54) is 12.8 Å². The number of ether oxygens (including phenoxy) is 2. The third kappa shape index (κ3) is 3.33. The van der Waals surface area contributed by atoms with Crippen molar-refractivity contribution in [1.29, 1.82) is 0 Å². The molecule has 2 atom stereocenters. The predicted octanol–water partition coefficient (Wildman–Crippen LogP) is 2.52. The smallest absolute Gasteiger partial charge is 0.253 e. The Morgan fingerprint density at radius 1 is 1.33 bits per heavy atom. The van der Waals surface area contributed by atoms with Crippen molar-refractivity contribution in [2.24, 2.45) is 11.3 Å². The molecule has 0 aromatic carbocycles. The highest BCUT2D eigenvalue weighted by Gasteiger charge is 2.47. The highest BCUT2D eigenvalue weighted by atomic mass is 16.5. The molecule has 130 valence electrons. The van der Waals surface area contributed by atoms with Crippen LogP contribution in [0, 0.1) is 11.3 Å². The van der Waals surface area contributed by atoms with E-state index in [9.17, 15) is 4.79 Å². The summed E-state index contributed by atoms with van der Waals surface area (Å²) in [6.07, 6.45) is 9.24. The number of fused-ring (bicyclic) bond motifs is 1. The summed E-state index contributed by atoms with van der Waals surface area (Å²) in [6.45, 7) is 3.92. The summed E-state index contributed by atoms with van der Waals surface area (Å²) in [7, 11) is 0. The predicted molar refractivity (Wildman–Crippen MR) is 89.7 cm³/mol. The molecule has 5 heteroatoms. The van der Waals surface area contributed by atoms with E-state index in [0.29, 0.717) is 12.2 Å². The summed E-state index contributed by atoms with van der Waals surface area (Å²) < 4.78 is 12.1. The lowest BCUT2D eigenvalue weighted by Gasteiger charge is -2.50. The van der Waals surface area contributed by atoms with Gasteiger partial charge in [0, 0.05) is 49.7 Å². The van der Waals surface area contributed by atoms with Crippen LogP contribution in [0.1, 0.15) is 42.5 Å². The van der Waals surface area contributed by atoms with Gasteiger partial charge in [0.05, 0.1) is 12.7 Å². The molecular weight excluding hydrogens is 304 g/mol. The van der Waals surface area contributed by atoms with Crippen molar-refractivity contribution in [1.82, 2.24) is 9.88 Å². The minimum atomic E-state index is -0.0337. The first-order valence-electron chi connectivity index (χ1n) is 9.15. The molecule has 0 bridgehead atoms. The number of hydrogen-bond acceptors (Lipinski definition) is 4. The molecule has 1 aromatic rings. The molecule has 3 aliphatic rings. The minimum Gasteiger partial charge on any atom is -0.380 e. The van der Waals surface area contributed by atoms with E-state index >= 15 is 0 Å². The van der Waals surface area contributed by atoms with Crippen LogP contribution in [0.15, 0.2) is 24.5 Å². The lowest BCUT2D eigenvalue weighted by atomic mass is 9.73. The number of amides is 1. The lowest BCUT2D eigenvalue weighted by molar-refractivity contribution is -0.147. The Morgan fingerprint density at radius 2 is 2.17 bits per heavy atom. The standard InChI is InChI=1S/C19H26N2O3/c22-18(16-4-8-20-9-5-16)21-10-6-17-19(13-21,7-1-11-24-17)14-23-12-15-2-3-15/h4-5,8-9,15,17H,1-3,6-7,10-14H2. The zero-order chi connectivity index (χ0) is 16.4. The molecule has 2 unspecified atom stereocenters. The number of carbonyl (C=O) groups excluding carboxylic acids is 1. The summed E-state index contributed by atoms with van der Waals surface area (Å²) in [6, 6.07) is 3.59. The van der Waals surface area contributed by atoms with Gasteiger partial charge in [-0.1, -0.05) is 0 Å². The first-order chi connectivity index (χ1) is 11.8. The van der Waals surface area contributed by atoms with Gasteiger partial charge in [-0.25, -0.2) is 0 Å². The Balaban J connectivity index is 1.46. The van der Waals surface area contributed by atoms with Gasteiger partial charge in [-0.3, -0.25) is 9.78 Å². The Hall–Kier alpha value is -1.46. The molecule has 0 N–H and O–H groups in total. The Morgan fingerprint density at radius 3 is 2.96 bits per heavy atom. The molecule has 1 saturated carbocycles. The van der Waals surface area contributed by atoms with E-state index in [2.05, 4.69) is 4.98 Å². The third-order valence-electron chi connectivity index (χ3n) is 5.64. The van der Waals surface area contributed by atoms with Crippen LogP contribution in [0.4, 0.5) is 0 Å². The summed E-state index contributed by atoms with van der Waals surface area (Å²) >= 11 is 0. The van der Waals surface area contributed by atoms with Crippen molar-refractivity contribution in [3.63, 3.8) is 0 Å². The summed E-state index contributed by atoms with van der Waals surface area (Å²) in [5, 5.41) is 0. The minimum absolute atomic E-state index is 0.0337. The molecule has 5 nitrogen and oxygen atoms in total. The Labute approximate surface area is 143 Å². The van der Waals surface area contributed by atoms with Crippen LogP contribution in [0.25, 0.3) is 0 Å². The van der Waals surface area contributed by atoms with Gasteiger partial charge in [-0.05, 0) is 50.2 Å². The van der Waals surface area contributed by atoms with Crippen molar-refractivity contribution in [3.05, 3.63) is 30.1 Å². The second kappa shape index (κ2) is 6.81. The Bertz CT molecular complexity index is 575. The largest absolute Gasteiger partial charge is 0.380 e. The fourth-order valence-corrected chi connectivity index (χ4v) is 4.06. The van der Waals surface area contributed by atoms with Gasteiger partial charge in [0.15, 0.2) is 0 Å². The fraction of sp³-hybridized carbons (Fsp3) is 0.684. The molecule has 4 rings (SSSR count). The molecule has 24 heavy (non-hydrogen) atoms. The molecule has 0 radical (unpaired) electrons. The van der Waals surface area contributed by atoms with E-state index in [4.69, 9.17) is 9.47 Å². The molecule has 2 aliphatic heterocycles. The average molecular weight is 330 g/mol. The molecule has 1 amide bonds. The van der Waals surface area contributed by atoms with Crippen LogP contribution in [-0.4, -0.2) is 54.8 Å². The molecule has 2 saturated heterocycles. The second-order valence-electron chi connectivity index (χ2n) is 7.54. The number of nitrogens with zero attached hydrogens (tertiary/aromatic N) is 2. The van der Waals surface area contributed by atoms with Crippen LogP contribution in [-0.2, 0) is 9.47 Å². The van der Waals surface area contributed by atoms with Crippen molar-refractivity contribution >= 4 is 5.91 Å². The van der Waals surface area contributed by atoms with Gasteiger partial charge in [-0.2, -0.15) is 0 Å². The number of likely N-dealkylation sites (tertiary alicyclic amines) is 1. The molecule has 3 fully saturated rings. The number of rotatable bonds is 5. The monoisotopic (exact) mass is 330 g/mol. The summed E-state index contributed by atoms with van der Waals surface area (Å²) in [4.78, 5) is 18.8. The number of carbonyl (C=O) groups is 1. The normalized spacial score (nSPS) is 30.0. The maximum absolute atomic E-state index is 12.8. The summed E-state index contributed by atoms with van der Waals surface area (Å²) in [5.41, 5.74) is 0.683. The topological polar surface area (TPSA) is 51.7 Å². The van der Waals surface area contributed by atoms with Gasteiger partial charge in [0.1, 0.15) is 0 Å². The van der Waals surface area contributed by atoms with E-state index < -0.39 is 0 Å². The SMILES string of the molecule is O=C(c1ccncc1)N1CCC2OCCCC2(COCC2CC2)C1. The second-order valence-corrected chi connectivity index (χ2v) is 7.54. The molecule has 1 aliphatic carbocycles. The Kier molecular flexibility index (Phi) is 4.55. The van der Waals surface area contributed by atoms with E-state index in [-0.39, 0.29) is 17.4 Å². The third-order valence-corrected chi connectivity index (χ3v) is 5.64. The maximum Gasteiger partial charge on any atom is 0.253 e. The van der Waals surface area contributed by atoms with Crippen LogP contribution < -0.4 is 0 Å². The van der Waals surface area contributed by atoms with Gasteiger partial charge < -0.3 is 14.4 Å². The zero-order valence-electron chi connectivity index (χ0n) is 14.2. The number of hydrogen-bond donors (Lipinski definition) is 0. The lowest BCUT2D eigenvalue weighted by Crippen LogP contribution is -2.58. The van der Waals surface area contributed by atoms with E-state index in [0.717, 1.165) is 51.5 Å². The van der Waals surface area contributed by atoms with Crippen molar-refractivity contribution in [3.8, 4) is 0 Å². The first kappa shape index (κ1) is 16.0. The van der Waals surface area contributed by atoms with Crippen LogP contribution >= 0.6 is 0 Å². The van der Waals surface area contributed by atoms with Gasteiger partial charge in [-0.15, -0.1) is 0 Å². The quantitative estimate of drug-likeness (QED) is 0.832. The first-order valence-corrected chi connectivity index (χ1v) is 9.15. The van der Waals surface area contributed by atoms with Crippen LogP contribution in [0.3, 0.4) is 0 Å². The van der Waals surface area contributed by atoms with Crippen molar-refractivity contribution < 1.29 is 14.3 Å². The molecule has 1 aromatic heterocycles. The zero-order valence-corrected chi connectivity index (χ0v) is 14.2. The number of aromatic nitrogens is 1. The molecule has 0 spiro atoms. The van der Waals surface area contributed by atoms with Crippen LogP contribution in [0.5, 0.6) is 0 Å². The van der Waals surface area contributed by atoms with Gasteiger partial charge in [0.2, 0.25) is 0 Å². The van der Waals surface area contributed by atoms with Crippen LogP contribution in [0.2, 0.25) is 0 Å². The van der Waals surface area contributed by atoms with Crippen molar-refractivity contribution in [2.75, 3.05) is 32.9 Å². The van der Waals surface area contributed by atoms with Gasteiger partial charge in [0.25, 0.3) is 5.91 Å². The van der Waals surface area contributed by atoms with Crippen molar-refractivity contribution in [2.45, 2.75) is 38.2 Å². The summed E-state index contributed by atoms with van der Waals surface area (Å²) in [5.74, 6) is 0.866. The van der Waals surface area contributed by atoms with Gasteiger partial charge >= 0.3 is 0 Å². The van der Waals surface area contributed by atoms with E-state index in [1.807, 2.05) is 4.90 Å². The molecule has 3 heterocycles. The van der Waals surface area contributed by atoms with E-state index in [1.54, 1.807) is 24.5 Å². The highest BCUT2D eigenvalue weighted by Crippen LogP contribution is 2.41. The highest BCUT2D eigenvalue weighted by molar-refractivity contribution is 5.94. The number of pyridine rings is 1.